The van der Waals surface area contributed by atoms with E-state index in [9.17, 15) is 13.2 Å². The Bertz CT molecular complexity index is 702. The molecule has 0 atom stereocenters. The minimum Gasteiger partial charge on any atom is -0.342 e. The smallest absolute Gasteiger partial charge is 0.229 e. The van der Waals surface area contributed by atoms with E-state index in [2.05, 4.69) is 10.0 Å². The van der Waals surface area contributed by atoms with Gasteiger partial charge in [0.25, 0.3) is 0 Å². The molecule has 0 saturated carbocycles. The third kappa shape index (κ3) is 4.27. The summed E-state index contributed by atoms with van der Waals surface area (Å²) < 4.78 is 25.1. The second-order valence-corrected chi connectivity index (χ2v) is 8.81. The molecule has 7 heteroatoms. The summed E-state index contributed by atoms with van der Waals surface area (Å²) in [6, 6.07) is 7.04. The van der Waals surface area contributed by atoms with Gasteiger partial charge in [0.15, 0.2) is 0 Å². The fraction of sp³-hybridized carbons (Fsp3) is 0.588. The lowest BCUT2D eigenvalue weighted by atomic mass is 9.78. The van der Waals surface area contributed by atoms with Crippen LogP contribution in [0.15, 0.2) is 24.3 Å². The average molecular weight is 351 g/mol. The molecule has 0 unspecified atom stereocenters. The highest BCUT2D eigenvalue weighted by atomic mass is 32.2. The zero-order chi connectivity index (χ0) is 17.2. The quantitative estimate of drug-likeness (QED) is 0.854. The second kappa shape index (κ2) is 6.72. The molecule has 6 nitrogen and oxygen atoms in total. The van der Waals surface area contributed by atoms with E-state index in [-0.39, 0.29) is 5.91 Å². The molecule has 2 heterocycles. The Morgan fingerprint density at radius 1 is 1.29 bits per heavy atom. The zero-order valence-corrected chi connectivity index (χ0v) is 14.9. The van der Waals surface area contributed by atoms with Gasteiger partial charge in [-0.25, -0.2) is 8.42 Å². The van der Waals surface area contributed by atoms with Gasteiger partial charge < -0.3 is 10.2 Å². The van der Waals surface area contributed by atoms with Crippen molar-refractivity contribution < 1.29 is 13.2 Å². The molecule has 1 spiro atoms. The number of carbonyl (C=O) groups is 1. The van der Waals surface area contributed by atoms with Crippen LogP contribution in [0.2, 0.25) is 0 Å². The molecule has 0 bridgehead atoms. The van der Waals surface area contributed by atoms with Crippen molar-refractivity contribution in [3.8, 4) is 0 Å². The highest BCUT2D eigenvalue weighted by molar-refractivity contribution is 7.92. The highest BCUT2D eigenvalue weighted by Gasteiger charge is 2.37. The zero-order valence-electron chi connectivity index (χ0n) is 14.0. The lowest BCUT2D eigenvalue weighted by Gasteiger charge is -2.39. The third-order valence-electron chi connectivity index (χ3n) is 5.09. The van der Waals surface area contributed by atoms with E-state index >= 15 is 0 Å². The van der Waals surface area contributed by atoms with Crippen molar-refractivity contribution in [3.63, 3.8) is 0 Å². The molecule has 2 fully saturated rings. The largest absolute Gasteiger partial charge is 0.342 e. The van der Waals surface area contributed by atoms with E-state index in [1.165, 1.54) is 6.42 Å². The summed E-state index contributed by atoms with van der Waals surface area (Å²) in [6.07, 6.45) is 4.79. The highest BCUT2D eigenvalue weighted by Crippen LogP contribution is 2.37. The first-order chi connectivity index (χ1) is 11.4. The molecule has 0 aromatic heterocycles. The molecule has 2 saturated heterocycles. The Morgan fingerprint density at radius 3 is 2.67 bits per heavy atom. The molecule has 0 aliphatic carbocycles. The van der Waals surface area contributed by atoms with Crippen molar-refractivity contribution in [3.05, 3.63) is 29.8 Å². The average Bonchev–Trinajstić information content (AvgIpc) is 2.94. The second-order valence-electron chi connectivity index (χ2n) is 7.06. The van der Waals surface area contributed by atoms with Gasteiger partial charge in [-0.15, -0.1) is 0 Å². The number of hydrogen-bond acceptors (Lipinski definition) is 4. The molecule has 2 aliphatic rings. The first kappa shape index (κ1) is 17.2. The van der Waals surface area contributed by atoms with Gasteiger partial charge in [-0.05, 0) is 48.9 Å². The van der Waals surface area contributed by atoms with Crippen molar-refractivity contribution in [2.75, 3.05) is 37.2 Å². The summed E-state index contributed by atoms with van der Waals surface area (Å²) in [5.74, 6) is 0.118. The van der Waals surface area contributed by atoms with E-state index in [1.54, 1.807) is 18.2 Å². The van der Waals surface area contributed by atoms with Gasteiger partial charge in [-0.1, -0.05) is 12.1 Å². The Hall–Kier alpha value is -1.60. The van der Waals surface area contributed by atoms with E-state index in [1.807, 2.05) is 11.0 Å². The van der Waals surface area contributed by atoms with Gasteiger partial charge in [0.05, 0.1) is 12.7 Å². The summed E-state index contributed by atoms with van der Waals surface area (Å²) in [7, 11) is -3.31. The van der Waals surface area contributed by atoms with E-state index in [0.717, 1.165) is 50.8 Å². The van der Waals surface area contributed by atoms with Crippen LogP contribution in [-0.2, 0) is 21.2 Å². The predicted octanol–water partition coefficient (Wildman–Crippen LogP) is 1.20. The molecule has 0 radical (unpaired) electrons. The lowest BCUT2D eigenvalue weighted by Crippen LogP contribution is -2.44. The molecule has 3 rings (SSSR count). The first-order valence-corrected chi connectivity index (χ1v) is 10.3. The first-order valence-electron chi connectivity index (χ1n) is 8.41. The maximum absolute atomic E-state index is 12.5. The van der Waals surface area contributed by atoms with E-state index in [4.69, 9.17) is 0 Å². The van der Waals surface area contributed by atoms with E-state index in [0.29, 0.717) is 17.5 Å². The molecule has 1 aromatic carbocycles. The summed E-state index contributed by atoms with van der Waals surface area (Å²) in [6.45, 7) is 3.81. The van der Waals surface area contributed by atoms with Crippen molar-refractivity contribution in [1.29, 1.82) is 0 Å². The number of carbonyl (C=O) groups excluding carboxylic acids is 1. The minimum absolute atomic E-state index is 0.118. The van der Waals surface area contributed by atoms with Crippen LogP contribution in [-0.4, -0.2) is 51.7 Å². The van der Waals surface area contributed by atoms with Crippen LogP contribution < -0.4 is 10.0 Å². The third-order valence-corrected chi connectivity index (χ3v) is 5.70. The number of amides is 1. The summed E-state index contributed by atoms with van der Waals surface area (Å²) in [5, 5.41) is 3.43. The number of nitrogens with one attached hydrogen (secondary N) is 2. The predicted molar refractivity (Wildman–Crippen MR) is 94.3 cm³/mol. The monoisotopic (exact) mass is 351 g/mol. The van der Waals surface area contributed by atoms with Crippen molar-refractivity contribution in [2.45, 2.75) is 25.7 Å². The van der Waals surface area contributed by atoms with Crippen LogP contribution in [0.5, 0.6) is 0 Å². The van der Waals surface area contributed by atoms with Gasteiger partial charge in [-0.3, -0.25) is 9.52 Å². The Morgan fingerprint density at radius 2 is 2.04 bits per heavy atom. The molecule has 2 N–H and O–H groups in total. The molecule has 1 aromatic rings. The maximum atomic E-state index is 12.5. The van der Waals surface area contributed by atoms with Crippen molar-refractivity contribution >= 4 is 21.6 Å². The van der Waals surface area contributed by atoms with Crippen molar-refractivity contribution in [2.24, 2.45) is 5.41 Å². The topological polar surface area (TPSA) is 78.5 Å². The number of likely N-dealkylation sites (tertiary alicyclic amines) is 1. The summed E-state index contributed by atoms with van der Waals surface area (Å²) in [5.41, 5.74) is 1.73. The van der Waals surface area contributed by atoms with Gasteiger partial charge in [0.1, 0.15) is 0 Å². The number of hydrogen-bond donors (Lipinski definition) is 2. The lowest BCUT2D eigenvalue weighted by molar-refractivity contribution is -0.132. The van der Waals surface area contributed by atoms with Crippen LogP contribution in [0.3, 0.4) is 0 Å². The molecule has 1 amide bonds. The minimum atomic E-state index is -3.31. The maximum Gasteiger partial charge on any atom is 0.229 e. The molecule has 2 aliphatic heterocycles. The summed E-state index contributed by atoms with van der Waals surface area (Å²) >= 11 is 0. The fourth-order valence-corrected chi connectivity index (χ4v) is 4.25. The molecule has 24 heavy (non-hydrogen) atoms. The Balaban J connectivity index is 1.58. The number of benzene rings is 1. The van der Waals surface area contributed by atoms with Gasteiger partial charge in [-0.2, -0.15) is 0 Å². The normalized spacial score (nSPS) is 20.3. The van der Waals surface area contributed by atoms with Crippen molar-refractivity contribution in [1.82, 2.24) is 10.2 Å². The van der Waals surface area contributed by atoms with Crippen LogP contribution >= 0.6 is 0 Å². The number of rotatable bonds is 4. The Kier molecular flexibility index (Phi) is 4.83. The van der Waals surface area contributed by atoms with Crippen LogP contribution in [0.4, 0.5) is 5.69 Å². The molecular formula is C17H25N3O3S. The van der Waals surface area contributed by atoms with E-state index < -0.39 is 10.0 Å². The number of sulfonamides is 1. The molecule has 132 valence electrons. The fourth-order valence-electron chi connectivity index (χ4n) is 3.70. The van der Waals surface area contributed by atoms with Crippen LogP contribution in [0.25, 0.3) is 0 Å². The van der Waals surface area contributed by atoms with Gasteiger partial charge in [0, 0.05) is 25.3 Å². The summed E-state index contributed by atoms with van der Waals surface area (Å²) in [4.78, 5) is 14.5. The Labute approximate surface area is 143 Å². The SMILES string of the molecule is CS(=O)(=O)Nc1cccc(CC(=O)N2CCC3(CCNC3)CC2)c1. The number of piperidine rings is 1. The van der Waals surface area contributed by atoms with Gasteiger partial charge in [0.2, 0.25) is 15.9 Å². The number of nitrogens with zero attached hydrogens (tertiary/aromatic N) is 1. The van der Waals surface area contributed by atoms with Gasteiger partial charge >= 0.3 is 0 Å². The number of anilines is 1. The van der Waals surface area contributed by atoms with Crippen LogP contribution in [0, 0.1) is 5.41 Å². The van der Waals surface area contributed by atoms with Crippen LogP contribution in [0.1, 0.15) is 24.8 Å². The standard InChI is InChI=1S/C17H25N3O3S/c1-24(22,23)19-15-4-2-3-14(11-15)12-16(21)20-9-6-17(7-10-20)5-8-18-13-17/h2-4,11,18-19H,5-10,12-13H2,1H3. The molecular weight excluding hydrogens is 326 g/mol.